The maximum absolute atomic E-state index is 5.52. The molecule has 0 fully saturated rings. The minimum atomic E-state index is 0.738. The van der Waals surface area contributed by atoms with Gasteiger partial charge >= 0.3 is 0 Å². The minimum absolute atomic E-state index is 0.738. The van der Waals surface area contributed by atoms with Crippen LogP contribution in [0.25, 0.3) is 11.4 Å². The largest absolute Gasteiger partial charge is 0.493 e. The number of nitrogens with zero attached hydrogens (tertiary/aromatic N) is 2. The third-order valence-electron chi connectivity index (χ3n) is 3.23. The van der Waals surface area contributed by atoms with Gasteiger partial charge < -0.3 is 10.1 Å². The Balaban J connectivity index is 1.93. The number of benzene rings is 1. The molecule has 3 rings (SSSR count). The minimum Gasteiger partial charge on any atom is -0.493 e. The van der Waals surface area contributed by atoms with Gasteiger partial charge in [0.15, 0.2) is 5.82 Å². The molecule has 0 radical (unpaired) electrons. The topological polar surface area (TPSA) is 47.0 Å². The number of nitrogens with one attached hydrogen (secondary N) is 1. The van der Waals surface area contributed by atoms with Crippen LogP contribution in [-0.4, -0.2) is 23.1 Å². The fourth-order valence-electron chi connectivity index (χ4n) is 2.20. The third kappa shape index (κ3) is 2.63. The molecule has 0 aliphatic carbocycles. The summed E-state index contributed by atoms with van der Waals surface area (Å²) in [6.07, 6.45) is 3.81. The van der Waals surface area contributed by atoms with Crippen molar-refractivity contribution in [1.82, 2.24) is 9.97 Å². The Morgan fingerprint density at radius 3 is 3.15 bits per heavy atom. The Hall–Kier alpha value is -1.62. The Labute approximate surface area is 126 Å². The molecule has 0 amide bonds. The average molecular weight is 334 g/mol. The predicted molar refractivity (Wildman–Crippen MR) is 83.1 cm³/mol. The Bertz CT molecular complexity index is 631. The van der Waals surface area contributed by atoms with E-state index in [1.165, 1.54) is 5.56 Å². The van der Waals surface area contributed by atoms with Gasteiger partial charge in [-0.2, -0.15) is 0 Å². The number of anilines is 1. The zero-order valence-electron chi connectivity index (χ0n) is 11.3. The third-order valence-corrected chi connectivity index (χ3v) is 3.81. The van der Waals surface area contributed by atoms with E-state index in [4.69, 9.17) is 4.74 Å². The zero-order chi connectivity index (χ0) is 13.9. The van der Waals surface area contributed by atoms with Gasteiger partial charge in [-0.05, 0) is 46.1 Å². The molecule has 0 saturated heterocycles. The van der Waals surface area contributed by atoms with Gasteiger partial charge in [0.1, 0.15) is 11.6 Å². The second-order valence-electron chi connectivity index (χ2n) is 4.74. The molecule has 104 valence electrons. The highest BCUT2D eigenvalue weighted by Crippen LogP contribution is 2.30. The van der Waals surface area contributed by atoms with Crippen molar-refractivity contribution >= 4 is 21.7 Å². The molecule has 0 atom stereocenters. The molecule has 0 unspecified atom stereocenters. The Kier molecular flexibility index (Phi) is 3.87. The molecule has 2 heterocycles. The van der Waals surface area contributed by atoms with Gasteiger partial charge in [-0.1, -0.05) is 6.92 Å². The van der Waals surface area contributed by atoms with Crippen LogP contribution in [0.2, 0.25) is 0 Å². The van der Waals surface area contributed by atoms with E-state index in [9.17, 15) is 0 Å². The fraction of sp³-hybridized carbons (Fsp3) is 0.333. The first-order valence-electron chi connectivity index (χ1n) is 6.80. The van der Waals surface area contributed by atoms with Crippen molar-refractivity contribution in [2.45, 2.75) is 19.8 Å². The van der Waals surface area contributed by atoms with Gasteiger partial charge in [-0.15, -0.1) is 0 Å². The lowest BCUT2D eigenvalue weighted by Gasteiger charge is -2.09. The van der Waals surface area contributed by atoms with E-state index in [1.54, 1.807) is 6.20 Å². The summed E-state index contributed by atoms with van der Waals surface area (Å²) in [4.78, 5) is 9.00. The molecule has 0 spiro atoms. The van der Waals surface area contributed by atoms with Crippen molar-refractivity contribution < 1.29 is 4.74 Å². The molecular formula is C15H16BrN3O. The number of halogens is 1. The second-order valence-corrected chi connectivity index (χ2v) is 5.59. The number of rotatable bonds is 4. The quantitative estimate of drug-likeness (QED) is 0.927. The molecule has 1 aliphatic heterocycles. The second kappa shape index (κ2) is 5.79. The summed E-state index contributed by atoms with van der Waals surface area (Å²) in [6, 6.07) is 6.13. The van der Waals surface area contributed by atoms with Crippen LogP contribution < -0.4 is 10.1 Å². The standard InChI is InChI=1S/C15H16BrN3O/c1-2-6-17-15-12(16)9-18-14(19-15)11-3-4-13-10(8-11)5-7-20-13/h3-4,8-9H,2,5-7H2,1H3,(H,17,18,19). The van der Waals surface area contributed by atoms with E-state index in [1.807, 2.05) is 12.1 Å². The highest BCUT2D eigenvalue weighted by atomic mass is 79.9. The first kappa shape index (κ1) is 13.4. The number of hydrogen-bond donors (Lipinski definition) is 1. The molecule has 1 aromatic carbocycles. The molecule has 4 nitrogen and oxygen atoms in total. The average Bonchev–Trinajstić information content (AvgIpc) is 2.94. The van der Waals surface area contributed by atoms with Crippen LogP contribution in [0.5, 0.6) is 5.75 Å². The van der Waals surface area contributed by atoms with Crippen molar-refractivity contribution in [3.05, 3.63) is 34.4 Å². The van der Waals surface area contributed by atoms with Crippen molar-refractivity contribution in [3.8, 4) is 17.1 Å². The molecule has 5 heteroatoms. The lowest BCUT2D eigenvalue weighted by Crippen LogP contribution is -2.04. The smallest absolute Gasteiger partial charge is 0.161 e. The summed E-state index contributed by atoms with van der Waals surface area (Å²) in [5, 5.41) is 3.30. The fourth-order valence-corrected chi connectivity index (χ4v) is 2.53. The summed E-state index contributed by atoms with van der Waals surface area (Å²) >= 11 is 3.48. The van der Waals surface area contributed by atoms with Gasteiger partial charge in [-0.3, -0.25) is 0 Å². The highest BCUT2D eigenvalue weighted by molar-refractivity contribution is 9.10. The maximum Gasteiger partial charge on any atom is 0.161 e. The number of aromatic nitrogens is 2. The normalized spacial score (nSPS) is 12.9. The van der Waals surface area contributed by atoms with Crippen LogP contribution in [-0.2, 0) is 6.42 Å². The van der Waals surface area contributed by atoms with Crippen molar-refractivity contribution in [1.29, 1.82) is 0 Å². The van der Waals surface area contributed by atoms with Gasteiger partial charge in [0.25, 0.3) is 0 Å². The summed E-state index contributed by atoms with van der Waals surface area (Å²) in [7, 11) is 0. The molecule has 20 heavy (non-hydrogen) atoms. The molecule has 2 aromatic rings. The molecular weight excluding hydrogens is 318 g/mol. The maximum atomic E-state index is 5.52. The molecule has 1 aromatic heterocycles. The molecule has 0 bridgehead atoms. The zero-order valence-corrected chi connectivity index (χ0v) is 12.9. The Morgan fingerprint density at radius 1 is 1.40 bits per heavy atom. The van der Waals surface area contributed by atoms with Crippen LogP contribution in [0.15, 0.2) is 28.9 Å². The summed E-state index contributed by atoms with van der Waals surface area (Å²) in [5.41, 5.74) is 2.26. The van der Waals surface area contributed by atoms with E-state index in [-0.39, 0.29) is 0 Å². The van der Waals surface area contributed by atoms with E-state index in [0.29, 0.717) is 0 Å². The molecule has 0 saturated carbocycles. The summed E-state index contributed by atoms with van der Waals surface area (Å²) in [6.45, 7) is 3.79. The predicted octanol–water partition coefficient (Wildman–Crippen LogP) is 3.66. The molecule has 1 aliphatic rings. The monoisotopic (exact) mass is 333 g/mol. The van der Waals surface area contributed by atoms with Gasteiger partial charge in [0.2, 0.25) is 0 Å². The number of ether oxygens (including phenoxy) is 1. The first-order valence-corrected chi connectivity index (χ1v) is 7.59. The van der Waals surface area contributed by atoms with E-state index in [2.05, 4.69) is 44.2 Å². The van der Waals surface area contributed by atoms with Crippen LogP contribution in [0.4, 0.5) is 5.82 Å². The highest BCUT2D eigenvalue weighted by Gasteiger charge is 2.14. The van der Waals surface area contributed by atoms with Crippen molar-refractivity contribution in [2.75, 3.05) is 18.5 Å². The van der Waals surface area contributed by atoms with E-state index >= 15 is 0 Å². The van der Waals surface area contributed by atoms with Gasteiger partial charge in [-0.25, -0.2) is 9.97 Å². The van der Waals surface area contributed by atoms with Gasteiger partial charge in [0, 0.05) is 24.7 Å². The first-order chi connectivity index (χ1) is 9.78. The van der Waals surface area contributed by atoms with Gasteiger partial charge in [0.05, 0.1) is 11.1 Å². The van der Waals surface area contributed by atoms with Crippen LogP contribution in [0, 0.1) is 0 Å². The SMILES string of the molecule is CCCNc1nc(-c2ccc3c(c2)CCO3)ncc1Br. The van der Waals surface area contributed by atoms with Crippen molar-refractivity contribution in [2.24, 2.45) is 0 Å². The molecule has 1 N–H and O–H groups in total. The number of fused-ring (bicyclic) bond motifs is 1. The number of hydrogen-bond acceptors (Lipinski definition) is 4. The lowest BCUT2D eigenvalue weighted by atomic mass is 10.1. The summed E-state index contributed by atoms with van der Waals surface area (Å²) in [5.74, 6) is 2.56. The Morgan fingerprint density at radius 2 is 2.30 bits per heavy atom. The summed E-state index contributed by atoms with van der Waals surface area (Å²) < 4.78 is 6.41. The lowest BCUT2D eigenvalue weighted by molar-refractivity contribution is 0.357. The van der Waals surface area contributed by atoms with Crippen LogP contribution in [0.1, 0.15) is 18.9 Å². The van der Waals surface area contributed by atoms with Crippen LogP contribution >= 0.6 is 15.9 Å². The van der Waals surface area contributed by atoms with E-state index in [0.717, 1.165) is 53.4 Å². The van der Waals surface area contributed by atoms with E-state index < -0.39 is 0 Å². The van der Waals surface area contributed by atoms with Crippen LogP contribution in [0.3, 0.4) is 0 Å². The van der Waals surface area contributed by atoms with Crippen molar-refractivity contribution in [3.63, 3.8) is 0 Å².